The molecule has 3 aliphatic heterocycles. The lowest BCUT2D eigenvalue weighted by atomic mass is 9.69. The van der Waals surface area contributed by atoms with Gasteiger partial charge in [-0.25, -0.2) is 4.39 Å². The van der Waals surface area contributed by atoms with Crippen LogP contribution in [0.2, 0.25) is 10.0 Å². The lowest BCUT2D eigenvalue weighted by molar-refractivity contribution is -0.146. The van der Waals surface area contributed by atoms with Crippen LogP contribution in [0.25, 0.3) is 0 Å². The van der Waals surface area contributed by atoms with Gasteiger partial charge in [0.1, 0.15) is 11.4 Å². The zero-order chi connectivity index (χ0) is 24.4. The molecule has 0 aromatic heterocycles. The molecule has 5 nitrogen and oxygen atoms in total. The third-order valence-corrected chi connectivity index (χ3v) is 7.64. The Kier molecular flexibility index (Phi) is 5.57. The van der Waals surface area contributed by atoms with Gasteiger partial charge in [-0.05, 0) is 29.3 Å². The highest BCUT2D eigenvalue weighted by molar-refractivity contribution is 6.31. The Morgan fingerprint density at radius 1 is 1.15 bits per heavy atom. The lowest BCUT2D eigenvalue weighted by Gasteiger charge is -2.46. The fraction of sp³-hybridized carbons (Fsp3) is 0.391. The van der Waals surface area contributed by atoms with E-state index in [1.54, 1.807) is 18.2 Å². The predicted molar refractivity (Wildman–Crippen MR) is 118 cm³/mol. The molecule has 2 fully saturated rings. The van der Waals surface area contributed by atoms with Gasteiger partial charge in [-0.3, -0.25) is 14.5 Å². The maximum Gasteiger partial charge on any atom is 0.390 e. The van der Waals surface area contributed by atoms with Crippen LogP contribution in [-0.4, -0.2) is 47.6 Å². The Morgan fingerprint density at radius 3 is 2.65 bits per heavy atom. The van der Waals surface area contributed by atoms with E-state index >= 15 is 4.39 Å². The zero-order valence-corrected chi connectivity index (χ0v) is 19.1. The summed E-state index contributed by atoms with van der Waals surface area (Å²) < 4.78 is 55.2. The number of halogens is 6. The van der Waals surface area contributed by atoms with Gasteiger partial charge in [0.05, 0.1) is 17.4 Å². The van der Waals surface area contributed by atoms with E-state index in [1.807, 2.05) is 0 Å². The third-order valence-electron chi connectivity index (χ3n) is 7.12. The van der Waals surface area contributed by atoms with Crippen LogP contribution >= 0.6 is 23.2 Å². The summed E-state index contributed by atoms with van der Waals surface area (Å²) in [6.45, 7) is -0.461. The maximum atomic E-state index is 15.3. The number of amides is 2. The van der Waals surface area contributed by atoms with Crippen molar-refractivity contribution in [2.24, 2.45) is 5.92 Å². The molecule has 2 aromatic carbocycles. The Bertz CT molecular complexity index is 1190. The molecule has 0 unspecified atom stereocenters. The molecule has 11 heteroatoms. The predicted octanol–water partition coefficient (Wildman–Crippen LogP) is 4.53. The largest absolute Gasteiger partial charge is 0.390 e. The van der Waals surface area contributed by atoms with Crippen LogP contribution in [-0.2, 0) is 16.0 Å². The van der Waals surface area contributed by atoms with E-state index in [0.717, 1.165) is 0 Å². The second-order valence-corrected chi connectivity index (χ2v) is 9.72. The Morgan fingerprint density at radius 2 is 1.91 bits per heavy atom. The van der Waals surface area contributed by atoms with Gasteiger partial charge in [0.15, 0.2) is 0 Å². The number of rotatable bonds is 3. The number of nitrogens with one attached hydrogen (secondary N) is 2. The summed E-state index contributed by atoms with van der Waals surface area (Å²) in [6.07, 6.45) is -5.68. The average molecular weight is 516 g/mol. The van der Waals surface area contributed by atoms with E-state index in [4.69, 9.17) is 23.2 Å². The molecule has 0 saturated carbocycles. The molecule has 3 heterocycles. The SMILES string of the molecule is O=C1NC[C@H]2[C@@H]1[C@H](c1cccc(Cl)c1F)[C@@]1(Cc3ccc(Cl)cc3NC1=O)N2CCC(F)(F)F. The van der Waals surface area contributed by atoms with E-state index in [-0.39, 0.29) is 23.6 Å². The molecule has 4 atom stereocenters. The minimum absolute atomic E-state index is 0.0138. The summed E-state index contributed by atoms with van der Waals surface area (Å²) in [5, 5.41) is 5.63. The van der Waals surface area contributed by atoms with E-state index in [1.165, 1.54) is 23.1 Å². The van der Waals surface area contributed by atoms with Crippen molar-refractivity contribution in [3.05, 3.63) is 63.4 Å². The first-order chi connectivity index (χ1) is 16.0. The van der Waals surface area contributed by atoms with Crippen LogP contribution in [0.15, 0.2) is 36.4 Å². The molecular formula is C23H19Cl2F4N3O2. The molecule has 1 spiro atoms. The molecule has 0 aliphatic carbocycles. The van der Waals surface area contributed by atoms with Crippen molar-refractivity contribution in [1.82, 2.24) is 10.2 Å². The van der Waals surface area contributed by atoms with Crippen LogP contribution in [0.3, 0.4) is 0 Å². The zero-order valence-electron chi connectivity index (χ0n) is 17.6. The van der Waals surface area contributed by atoms with Crippen LogP contribution < -0.4 is 10.6 Å². The number of fused-ring (bicyclic) bond motifs is 2. The molecule has 3 aliphatic rings. The van der Waals surface area contributed by atoms with Gasteiger partial charge in [-0.1, -0.05) is 41.4 Å². The average Bonchev–Trinajstić information content (AvgIpc) is 3.25. The molecular weight excluding hydrogens is 497 g/mol. The van der Waals surface area contributed by atoms with Gasteiger partial charge in [-0.2, -0.15) is 13.2 Å². The molecule has 0 bridgehead atoms. The van der Waals surface area contributed by atoms with Gasteiger partial charge in [-0.15, -0.1) is 0 Å². The molecule has 2 aromatic rings. The van der Waals surface area contributed by atoms with Crippen molar-refractivity contribution in [1.29, 1.82) is 0 Å². The van der Waals surface area contributed by atoms with Gasteiger partial charge in [0.25, 0.3) is 0 Å². The molecule has 2 saturated heterocycles. The molecule has 0 radical (unpaired) electrons. The van der Waals surface area contributed by atoms with E-state index in [2.05, 4.69) is 10.6 Å². The quantitative estimate of drug-likeness (QED) is 0.590. The van der Waals surface area contributed by atoms with Crippen molar-refractivity contribution in [3.8, 4) is 0 Å². The van der Waals surface area contributed by atoms with Crippen LogP contribution in [0.5, 0.6) is 0 Å². The number of carbonyl (C=O) groups excluding carboxylic acids is 2. The van der Waals surface area contributed by atoms with Crippen molar-refractivity contribution in [2.45, 2.75) is 36.5 Å². The Hall–Kier alpha value is -2.36. The third kappa shape index (κ3) is 3.56. The highest BCUT2D eigenvalue weighted by Crippen LogP contribution is 2.55. The van der Waals surface area contributed by atoms with Gasteiger partial charge >= 0.3 is 6.18 Å². The van der Waals surface area contributed by atoms with E-state index in [9.17, 15) is 22.8 Å². The first-order valence-corrected chi connectivity index (χ1v) is 11.4. The fourth-order valence-corrected chi connectivity index (χ4v) is 6.16. The first-order valence-electron chi connectivity index (χ1n) is 10.7. The van der Waals surface area contributed by atoms with E-state index < -0.39 is 60.2 Å². The highest BCUT2D eigenvalue weighted by Gasteiger charge is 2.67. The summed E-state index contributed by atoms with van der Waals surface area (Å²) in [7, 11) is 0. The monoisotopic (exact) mass is 515 g/mol. The van der Waals surface area contributed by atoms with Gasteiger partial charge < -0.3 is 10.6 Å². The number of carbonyl (C=O) groups is 2. The number of benzene rings is 2. The number of likely N-dealkylation sites (tertiary alicyclic amines) is 1. The van der Waals surface area contributed by atoms with E-state index in [0.29, 0.717) is 16.3 Å². The van der Waals surface area contributed by atoms with Crippen LogP contribution in [0.4, 0.5) is 23.2 Å². The van der Waals surface area contributed by atoms with Crippen molar-refractivity contribution >= 4 is 40.7 Å². The summed E-state index contributed by atoms with van der Waals surface area (Å²) in [5.74, 6) is -3.81. The highest BCUT2D eigenvalue weighted by atomic mass is 35.5. The molecule has 2 amide bonds. The summed E-state index contributed by atoms with van der Waals surface area (Å²) >= 11 is 12.1. The van der Waals surface area contributed by atoms with Gasteiger partial charge in [0, 0.05) is 42.2 Å². The molecule has 34 heavy (non-hydrogen) atoms. The maximum absolute atomic E-state index is 15.3. The van der Waals surface area contributed by atoms with Crippen molar-refractivity contribution < 1.29 is 27.2 Å². The van der Waals surface area contributed by atoms with Gasteiger partial charge in [0.2, 0.25) is 11.8 Å². The number of anilines is 1. The Balaban J connectivity index is 1.72. The van der Waals surface area contributed by atoms with Crippen molar-refractivity contribution in [2.75, 3.05) is 18.4 Å². The number of hydrogen-bond donors (Lipinski definition) is 2. The fourth-order valence-electron chi connectivity index (χ4n) is 5.80. The molecule has 2 N–H and O–H groups in total. The Labute approximate surface area is 202 Å². The number of nitrogens with zero attached hydrogens (tertiary/aromatic N) is 1. The summed E-state index contributed by atoms with van der Waals surface area (Å²) in [5.41, 5.74) is -0.536. The topological polar surface area (TPSA) is 61.4 Å². The number of hydrogen-bond acceptors (Lipinski definition) is 3. The number of alkyl halides is 3. The van der Waals surface area contributed by atoms with Crippen LogP contribution in [0, 0.1) is 11.7 Å². The molecule has 180 valence electrons. The second-order valence-electron chi connectivity index (χ2n) is 8.87. The standard InChI is InChI=1S/C23H19Cl2F4N3O2/c24-12-5-4-11-9-22(21(34)31-15(11)8-12)18(13-2-1-3-14(25)19(13)26)17-16(10-30-20(17)33)32(22)7-6-23(27,28)29/h1-5,8,16-18H,6-7,9-10H2,(H,30,33)(H,31,34)/t16-,17+,18-,22+/m0/s1. The summed E-state index contributed by atoms with van der Waals surface area (Å²) in [6, 6.07) is 8.41. The first kappa shape index (κ1) is 23.4. The lowest BCUT2D eigenvalue weighted by Crippen LogP contribution is -2.62. The smallest absolute Gasteiger partial charge is 0.354 e. The summed E-state index contributed by atoms with van der Waals surface area (Å²) in [4.78, 5) is 28.2. The minimum Gasteiger partial charge on any atom is -0.354 e. The molecule has 5 rings (SSSR count). The normalized spacial score (nSPS) is 28.6. The van der Waals surface area contributed by atoms with Crippen molar-refractivity contribution in [3.63, 3.8) is 0 Å². The minimum atomic E-state index is -4.48. The van der Waals surface area contributed by atoms with Crippen LogP contribution in [0.1, 0.15) is 23.5 Å². The second kappa shape index (κ2) is 8.10.